The van der Waals surface area contributed by atoms with Crippen molar-refractivity contribution >= 4 is 11.4 Å². The van der Waals surface area contributed by atoms with Gasteiger partial charge in [0.2, 0.25) is 11.5 Å². The first-order valence-corrected chi connectivity index (χ1v) is 10.5. The molecule has 0 amide bonds. The Morgan fingerprint density at radius 1 is 0.629 bits per heavy atom. The van der Waals surface area contributed by atoms with E-state index in [-0.39, 0.29) is 24.0 Å². The fourth-order valence-corrected chi connectivity index (χ4v) is 3.85. The van der Waals surface area contributed by atoms with Crippen molar-refractivity contribution in [1.82, 2.24) is 0 Å². The number of rotatable bonds is 8. The van der Waals surface area contributed by atoms with Gasteiger partial charge in [-0.1, -0.05) is 60.7 Å². The van der Waals surface area contributed by atoms with E-state index in [1.165, 1.54) is 0 Å². The molecular formula is C26H18F2N2O5. The third kappa shape index (κ3) is 5.47. The first-order valence-electron chi connectivity index (χ1n) is 10.5. The van der Waals surface area contributed by atoms with Gasteiger partial charge in [-0.05, 0) is 23.3 Å². The molecule has 0 saturated carbocycles. The van der Waals surface area contributed by atoms with E-state index in [1.807, 2.05) is 0 Å². The molecule has 0 radical (unpaired) electrons. The van der Waals surface area contributed by atoms with E-state index < -0.39 is 44.4 Å². The molecule has 0 saturated heterocycles. The molecule has 0 N–H and O–H groups in total. The summed E-state index contributed by atoms with van der Waals surface area (Å²) in [5.74, 6) is -2.78. The van der Waals surface area contributed by atoms with Crippen LogP contribution in [0.3, 0.4) is 0 Å². The molecule has 0 fully saturated rings. The van der Waals surface area contributed by atoms with Gasteiger partial charge in [0, 0.05) is 36.1 Å². The van der Waals surface area contributed by atoms with Gasteiger partial charge in [0.1, 0.15) is 11.6 Å². The van der Waals surface area contributed by atoms with Crippen molar-refractivity contribution in [2.24, 2.45) is 0 Å². The summed E-state index contributed by atoms with van der Waals surface area (Å²) < 4.78 is 34.5. The lowest BCUT2D eigenvalue weighted by atomic mass is 10.0. The molecule has 0 spiro atoms. The van der Waals surface area contributed by atoms with Gasteiger partial charge in [-0.3, -0.25) is 20.2 Å². The number of hydrogen-bond donors (Lipinski definition) is 0. The maximum atomic E-state index is 14.5. The van der Waals surface area contributed by atoms with Crippen molar-refractivity contribution in [3.8, 4) is 11.5 Å². The minimum atomic E-state index is -0.833. The van der Waals surface area contributed by atoms with E-state index in [0.717, 1.165) is 24.3 Å². The summed E-state index contributed by atoms with van der Waals surface area (Å²) in [5, 5.41) is 23.8. The van der Waals surface area contributed by atoms with Gasteiger partial charge >= 0.3 is 11.4 Å². The lowest BCUT2D eigenvalue weighted by Crippen LogP contribution is -2.04. The molecule has 0 bridgehead atoms. The van der Waals surface area contributed by atoms with Gasteiger partial charge < -0.3 is 4.74 Å². The van der Waals surface area contributed by atoms with Gasteiger partial charge in [-0.2, -0.15) is 0 Å². The second-order valence-corrected chi connectivity index (χ2v) is 7.76. The van der Waals surface area contributed by atoms with Crippen LogP contribution in [0.25, 0.3) is 0 Å². The van der Waals surface area contributed by atoms with Crippen molar-refractivity contribution in [3.05, 3.63) is 139 Å². The number of halogens is 2. The standard InChI is InChI=1S/C26H18F2N2O5/c27-21-13-19(11-17-7-3-1-4-8-17)25(29(31)32)23(15-21)35-24-16-22(28)14-20(26(24)30(33)34)12-18-9-5-2-6-10-18/h1-10,13-16H,11-12H2. The second-order valence-electron chi connectivity index (χ2n) is 7.76. The average molecular weight is 476 g/mol. The van der Waals surface area contributed by atoms with Crippen LogP contribution in [0.5, 0.6) is 11.5 Å². The molecule has 0 atom stereocenters. The Kier molecular flexibility index (Phi) is 6.77. The Morgan fingerprint density at radius 2 is 1.00 bits per heavy atom. The lowest BCUT2D eigenvalue weighted by molar-refractivity contribution is -0.388. The van der Waals surface area contributed by atoms with E-state index in [1.54, 1.807) is 60.7 Å². The highest BCUT2D eigenvalue weighted by Crippen LogP contribution is 2.41. The Balaban J connectivity index is 1.81. The predicted octanol–water partition coefficient (Wildman–Crippen LogP) is 6.76. The predicted molar refractivity (Wildman–Crippen MR) is 125 cm³/mol. The summed E-state index contributed by atoms with van der Waals surface area (Å²) >= 11 is 0. The highest BCUT2D eigenvalue weighted by Gasteiger charge is 2.29. The summed E-state index contributed by atoms with van der Waals surface area (Å²) in [6, 6.07) is 20.9. The van der Waals surface area contributed by atoms with Gasteiger partial charge in [0.25, 0.3) is 0 Å². The van der Waals surface area contributed by atoms with Crippen LogP contribution in [0.1, 0.15) is 22.3 Å². The molecule has 0 aliphatic carbocycles. The van der Waals surface area contributed by atoms with Crippen LogP contribution in [-0.4, -0.2) is 9.85 Å². The minimum absolute atomic E-state index is 0.0137. The van der Waals surface area contributed by atoms with Gasteiger partial charge in [-0.15, -0.1) is 0 Å². The molecule has 0 unspecified atom stereocenters. The molecule has 4 aromatic rings. The number of hydrogen-bond acceptors (Lipinski definition) is 5. The molecule has 176 valence electrons. The number of nitro benzene ring substituents is 2. The summed E-state index contributed by atoms with van der Waals surface area (Å²) in [5.41, 5.74) is 0.291. The Labute approximate surface area is 198 Å². The Hall–Kier alpha value is -4.66. The zero-order valence-corrected chi connectivity index (χ0v) is 18.2. The fraction of sp³-hybridized carbons (Fsp3) is 0.0769. The molecule has 35 heavy (non-hydrogen) atoms. The zero-order chi connectivity index (χ0) is 24.9. The zero-order valence-electron chi connectivity index (χ0n) is 18.2. The number of nitrogens with zero attached hydrogens (tertiary/aromatic N) is 2. The molecule has 4 aromatic carbocycles. The third-order valence-electron chi connectivity index (χ3n) is 5.30. The lowest BCUT2D eigenvalue weighted by Gasteiger charge is -2.12. The third-order valence-corrected chi connectivity index (χ3v) is 5.30. The molecule has 0 aliphatic heterocycles. The van der Waals surface area contributed by atoms with Crippen LogP contribution < -0.4 is 4.74 Å². The summed E-state index contributed by atoms with van der Waals surface area (Å²) in [6.45, 7) is 0. The van der Waals surface area contributed by atoms with E-state index in [0.29, 0.717) is 11.1 Å². The number of nitro groups is 2. The Morgan fingerprint density at radius 3 is 1.34 bits per heavy atom. The van der Waals surface area contributed by atoms with E-state index in [2.05, 4.69) is 0 Å². The van der Waals surface area contributed by atoms with Crippen LogP contribution in [0, 0.1) is 31.9 Å². The van der Waals surface area contributed by atoms with Gasteiger partial charge in [0.15, 0.2) is 0 Å². The van der Waals surface area contributed by atoms with E-state index >= 15 is 0 Å². The monoisotopic (exact) mass is 476 g/mol. The van der Waals surface area contributed by atoms with Crippen LogP contribution in [-0.2, 0) is 12.8 Å². The van der Waals surface area contributed by atoms with Crippen molar-refractivity contribution < 1.29 is 23.4 Å². The number of benzene rings is 4. The normalized spacial score (nSPS) is 10.7. The molecule has 0 heterocycles. The topological polar surface area (TPSA) is 95.5 Å². The Bertz CT molecular complexity index is 1290. The molecule has 9 heteroatoms. The largest absolute Gasteiger partial charge is 0.443 e. The summed E-state index contributed by atoms with van der Waals surface area (Å²) in [6.07, 6.45) is 0.0472. The van der Waals surface area contributed by atoms with Crippen molar-refractivity contribution in [1.29, 1.82) is 0 Å². The molecule has 0 aromatic heterocycles. The van der Waals surface area contributed by atoms with Crippen molar-refractivity contribution in [2.75, 3.05) is 0 Å². The van der Waals surface area contributed by atoms with Crippen molar-refractivity contribution in [3.63, 3.8) is 0 Å². The molecule has 0 aliphatic rings. The maximum absolute atomic E-state index is 14.5. The summed E-state index contributed by atoms with van der Waals surface area (Å²) in [4.78, 5) is 22.4. The fourth-order valence-electron chi connectivity index (χ4n) is 3.85. The van der Waals surface area contributed by atoms with Gasteiger partial charge in [0.05, 0.1) is 9.85 Å². The minimum Gasteiger partial charge on any atom is -0.443 e. The van der Waals surface area contributed by atoms with E-state index in [9.17, 15) is 29.0 Å². The highest BCUT2D eigenvalue weighted by molar-refractivity contribution is 5.60. The number of ether oxygens (including phenoxy) is 1. The van der Waals surface area contributed by atoms with Crippen LogP contribution in [0.4, 0.5) is 20.2 Å². The summed E-state index contributed by atoms with van der Waals surface area (Å²) in [7, 11) is 0. The highest BCUT2D eigenvalue weighted by atomic mass is 19.1. The SMILES string of the molecule is O=[N+]([O-])c1c(Cc2ccccc2)cc(F)cc1Oc1cc(F)cc(Cc2ccccc2)c1[N+](=O)[O-]. The average Bonchev–Trinajstić information content (AvgIpc) is 2.79. The molecule has 7 nitrogen and oxygen atoms in total. The van der Waals surface area contributed by atoms with Crippen LogP contribution >= 0.6 is 0 Å². The molecule has 4 rings (SSSR count). The van der Waals surface area contributed by atoms with Gasteiger partial charge in [-0.25, -0.2) is 8.78 Å². The smallest absolute Gasteiger partial charge is 0.315 e. The van der Waals surface area contributed by atoms with Crippen LogP contribution in [0.2, 0.25) is 0 Å². The quantitative estimate of drug-likeness (QED) is 0.207. The van der Waals surface area contributed by atoms with Crippen LogP contribution in [0.15, 0.2) is 84.9 Å². The second kappa shape index (κ2) is 10.1. The molecular weight excluding hydrogens is 458 g/mol. The maximum Gasteiger partial charge on any atom is 0.315 e. The van der Waals surface area contributed by atoms with Crippen molar-refractivity contribution in [2.45, 2.75) is 12.8 Å². The van der Waals surface area contributed by atoms with E-state index in [4.69, 9.17) is 4.74 Å². The first kappa shape index (κ1) is 23.5. The first-order chi connectivity index (χ1) is 16.8.